The van der Waals surface area contributed by atoms with Crippen LogP contribution in [0.25, 0.3) is 10.1 Å². The second-order valence-electron chi connectivity index (χ2n) is 3.27. The first kappa shape index (κ1) is 10.1. The van der Waals surface area contributed by atoms with Crippen LogP contribution >= 0.6 is 10.8 Å². The maximum absolute atomic E-state index is 10.9. The average Bonchev–Trinajstić information content (AvgIpc) is 2.55. The van der Waals surface area contributed by atoms with Gasteiger partial charge in [0.15, 0.2) is 10.8 Å². The van der Waals surface area contributed by atoms with Gasteiger partial charge in [0.25, 0.3) is 0 Å². The molecule has 15 heavy (non-hydrogen) atoms. The van der Waals surface area contributed by atoms with Crippen molar-refractivity contribution < 1.29 is 14.1 Å². The van der Waals surface area contributed by atoms with Gasteiger partial charge < -0.3 is 9.90 Å². The minimum absolute atomic E-state index is 0.220. The highest BCUT2D eigenvalue weighted by Gasteiger charge is 2.22. The Morgan fingerprint density at radius 2 is 2.13 bits per heavy atom. The van der Waals surface area contributed by atoms with Crippen molar-refractivity contribution in [3.05, 3.63) is 34.7 Å². The van der Waals surface area contributed by atoms with E-state index in [1.807, 2.05) is 25.1 Å². The first-order chi connectivity index (χ1) is 7.13. The van der Waals surface area contributed by atoms with E-state index in [9.17, 15) is 9.90 Å². The zero-order valence-corrected chi connectivity index (χ0v) is 9.26. The molecule has 0 aliphatic rings. The summed E-state index contributed by atoms with van der Waals surface area (Å²) in [7, 11) is 0.723. The fourth-order valence-corrected chi connectivity index (χ4v) is 3.16. The minimum atomic E-state index is -1.16. The lowest BCUT2D eigenvalue weighted by Gasteiger charge is -1.92. The van der Waals surface area contributed by atoms with Gasteiger partial charge in [-0.25, -0.2) is 0 Å². The number of carboxylic acid groups (broad SMARTS) is 1. The Kier molecular flexibility index (Phi) is 2.46. The maximum Gasteiger partial charge on any atom is 0.234 e. The van der Waals surface area contributed by atoms with Crippen molar-refractivity contribution in [2.24, 2.45) is 0 Å². The van der Waals surface area contributed by atoms with E-state index in [1.165, 1.54) is 7.11 Å². The first-order valence-corrected chi connectivity index (χ1v) is 5.61. The lowest BCUT2D eigenvalue weighted by Crippen LogP contribution is -2.21. The van der Waals surface area contributed by atoms with Gasteiger partial charge in [-0.3, -0.25) is 0 Å². The zero-order chi connectivity index (χ0) is 11.0. The van der Waals surface area contributed by atoms with Crippen LogP contribution < -0.4 is 9.29 Å². The number of carbonyl (C=O) groups excluding carboxylic acids is 1. The third-order valence-electron chi connectivity index (χ3n) is 2.22. The molecular formula is C11H10O3S. The summed E-state index contributed by atoms with van der Waals surface area (Å²) in [4.78, 5) is 11.1. The highest BCUT2D eigenvalue weighted by molar-refractivity contribution is 7.34. The predicted octanol–water partition coefficient (Wildman–Crippen LogP) is 1.32. The minimum Gasteiger partial charge on any atom is -0.540 e. The molecule has 0 N–H and O–H groups in total. The Hall–Kier alpha value is -1.39. The van der Waals surface area contributed by atoms with Crippen LogP contribution in [0.5, 0.6) is 0 Å². The molecule has 0 saturated carbocycles. The van der Waals surface area contributed by atoms with Crippen LogP contribution in [-0.2, 0) is 0 Å². The maximum atomic E-state index is 10.9. The van der Waals surface area contributed by atoms with Gasteiger partial charge in [-0.15, -0.1) is 0 Å². The van der Waals surface area contributed by atoms with Crippen molar-refractivity contribution >= 4 is 26.8 Å². The smallest absolute Gasteiger partial charge is 0.234 e. The van der Waals surface area contributed by atoms with E-state index in [-0.39, 0.29) is 4.88 Å². The topological polar surface area (TPSA) is 49.4 Å². The molecule has 0 fully saturated rings. The molecule has 1 aromatic carbocycles. The Morgan fingerprint density at radius 3 is 2.73 bits per heavy atom. The molecule has 0 radical (unpaired) electrons. The molecule has 1 unspecified atom stereocenters. The van der Waals surface area contributed by atoms with Crippen LogP contribution in [0.2, 0.25) is 0 Å². The molecule has 1 aromatic heterocycles. The summed E-state index contributed by atoms with van der Waals surface area (Å²) in [5.41, 5.74) is 1.09. The van der Waals surface area contributed by atoms with Gasteiger partial charge in [0.05, 0.1) is 7.11 Å². The van der Waals surface area contributed by atoms with Crippen LogP contribution in [0.4, 0.5) is 0 Å². The number of benzene rings is 1. The van der Waals surface area contributed by atoms with Crippen LogP contribution in [0.3, 0.4) is 0 Å². The zero-order valence-electron chi connectivity index (χ0n) is 8.44. The highest BCUT2D eigenvalue weighted by atomic mass is 32.2. The Labute approximate surface area is 90.1 Å². The van der Waals surface area contributed by atoms with Crippen LogP contribution in [0, 0.1) is 6.92 Å². The summed E-state index contributed by atoms with van der Waals surface area (Å²) < 4.78 is 6.13. The second kappa shape index (κ2) is 3.64. The summed E-state index contributed by atoms with van der Waals surface area (Å²) in [5.74, 6) is -1.16. The molecule has 0 aliphatic carbocycles. The molecule has 4 heteroatoms. The third-order valence-corrected chi connectivity index (χ3v) is 3.99. The van der Waals surface area contributed by atoms with E-state index in [0.29, 0.717) is 0 Å². The van der Waals surface area contributed by atoms with Crippen LogP contribution in [0.1, 0.15) is 15.2 Å². The van der Waals surface area contributed by atoms with Gasteiger partial charge in [-0.2, -0.15) is 4.18 Å². The average molecular weight is 222 g/mol. The summed E-state index contributed by atoms with van der Waals surface area (Å²) in [6, 6.07) is 7.43. The first-order valence-electron chi connectivity index (χ1n) is 4.46. The van der Waals surface area contributed by atoms with E-state index in [1.54, 1.807) is 6.07 Å². The molecule has 2 rings (SSSR count). The van der Waals surface area contributed by atoms with Gasteiger partial charge in [-0.1, -0.05) is 6.07 Å². The number of aryl methyl sites for hydroxylation is 1. The number of hydrogen-bond acceptors (Lipinski definition) is 3. The SMILES string of the molecule is CO[s+]1c(C(=O)[O-])cc2ccc(C)cc21. The molecule has 1 heterocycles. The quantitative estimate of drug-likeness (QED) is 0.720. The number of hydrogen-bond donors (Lipinski definition) is 0. The van der Waals surface area contributed by atoms with E-state index in [4.69, 9.17) is 4.18 Å². The second-order valence-corrected chi connectivity index (χ2v) is 5.02. The molecule has 0 aliphatic heterocycles. The van der Waals surface area contributed by atoms with Crippen molar-refractivity contribution in [3.63, 3.8) is 0 Å². The van der Waals surface area contributed by atoms with Gasteiger partial charge in [-0.05, 0) is 18.6 Å². The summed E-state index contributed by atoms with van der Waals surface area (Å²) in [6.45, 7) is 1.97. The van der Waals surface area contributed by atoms with E-state index < -0.39 is 16.7 Å². The van der Waals surface area contributed by atoms with Crippen molar-refractivity contribution in [1.29, 1.82) is 0 Å². The summed E-state index contributed by atoms with van der Waals surface area (Å²) in [5, 5.41) is 11.8. The van der Waals surface area contributed by atoms with Crippen molar-refractivity contribution in [2.45, 2.75) is 6.92 Å². The van der Waals surface area contributed by atoms with Crippen molar-refractivity contribution in [2.75, 3.05) is 7.11 Å². The molecule has 2 aromatic rings. The molecule has 0 saturated heterocycles. The lowest BCUT2D eigenvalue weighted by molar-refractivity contribution is -0.254. The third kappa shape index (κ3) is 1.62. The molecular weight excluding hydrogens is 212 g/mol. The molecule has 0 spiro atoms. The molecule has 0 bridgehead atoms. The predicted molar refractivity (Wildman–Crippen MR) is 58.0 cm³/mol. The standard InChI is InChI=1S/C11H10O3S/c1-7-3-4-8-6-10(11(12)13)15(14-2)9(8)5-7/h3-6H,1-2H3. The number of carboxylic acids is 1. The summed E-state index contributed by atoms with van der Waals surface area (Å²) >= 11 is 0. The Bertz CT molecular complexity index is 528. The fourth-order valence-electron chi connectivity index (χ4n) is 1.55. The molecule has 0 amide bonds. The van der Waals surface area contributed by atoms with Gasteiger partial charge in [0, 0.05) is 17.5 Å². The fraction of sp³-hybridized carbons (Fsp3) is 0.182. The Balaban J connectivity index is 2.79. The Morgan fingerprint density at radius 1 is 1.40 bits per heavy atom. The molecule has 78 valence electrons. The molecule has 3 nitrogen and oxygen atoms in total. The number of carbonyl (C=O) groups is 1. The number of fused-ring (bicyclic) bond motifs is 1. The number of thiophene rings is 1. The van der Waals surface area contributed by atoms with Gasteiger partial charge in [0.1, 0.15) is 5.97 Å². The van der Waals surface area contributed by atoms with E-state index >= 15 is 0 Å². The van der Waals surface area contributed by atoms with Crippen LogP contribution in [0.15, 0.2) is 24.3 Å². The van der Waals surface area contributed by atoms with E-state index in [0.717, 1.165) is 15.6 Å². The largest absolute Gasteiger partial charge is 0.540 e. The highest BCUT2D eigenvalue weighted by Crippen LogP contribution is 2.34. The van der Waals surface area contributed by atoms with Crippen molar-refractivity contribution in [3.8, 4) is 0 Å². The monoisotopic (exact) mass is 222 g/mol. The van der Waals surface area contributed by atoms with Crippen LogP contribution in [-0.4, -0.2) is 13.1 Å². The van der Waals surface area contributed by atoms with E-state index in [2.05, 4.69) is 0 Å². The number of rotatable bonds is 2. The normalized spacial score (nSPS) is 12.0. The number of aromatic carboxylic acids is 1. The van der Waals surface area contributed by atoms with Gasteiger partial charge >= 0.3 is 0 Å². The summed E-state index contributed by atoms with van der Waals surface area (Å²) in [6.07, 6.45) is 0. The van der Waals surface area contributed by atoms with Gasteiger partial charge in [0.2, 0.25) is 9.58 Å². The lowest BCUT2D eigenvalue weighted by atomic mass is 10.2. The van der Waals surface area contributed by atoms with Crippen molar-refractivity contribution in [1.82, 2.24) is 0 Å². The molecule has 1 atom stereocenters.